The molecule has 1 atom stereocenters. The van der Waals surface area contributed by atoms with Gasteiger partial charge in [-0.2, -0.15) is 0 Å². The molecule has 1 aromatic rings. The molecule has 0 spiro atoms. The Hall–Kier alpha value is -0.540. The summed E-state index contributed by atoms with van der Waals surface area (Å²) in [5.74, 6) is 0. The molecule has 1 aromatic carbocycles. The number of hydrogen-bond acceptors (Lipinski definition) is 2. The van der Waals surface area contributed by atoms with Crippen molar-refractivity contribution in [3.63, 3.8) is 0 Å². The average molecular weight is 258 g/mol. The van der Waals surface area contributed by atoms with Crippen molar-refractivity contribution in [1.29, 1.82) is 0 Å². The van der Waals surface area contributed by atoms with Gasteiger partial charge in [0.1, 0.15) is 0 Å². The van der Waals surface area contributed by atoms with Gasteiger partial charge in [-0.3, -0.25) is 0 Å². The van der Waals surface area contributed by atoms with Crippen LogP contribution in [0.4, 0.5) is 5.69 Å². The molecule has 2 nitrogen and oxygen atoms in total. The van der Waals surface area contributed by atoms with Gasteiger partial charge in [-0.25, -0.2) is 0 Å². The first-order chi connectivity index (χ1) is 6.65. The zero-order valence-electron chi connectivity index (χ0n) is 8.55. The first-order valence-electron chi connectivity index (χ1n) is 4.82. The van der Waals surface area contributed by atoms with Gasteiger partial charge in [0.05, 0.1) is 6.10 Å². The Bertz CT molecular complexity index is 301. The molecule has 0 aliphatic heterocycles. The van der Waals surface area contributed by atoms with Gasteiger partial charge in [0, 0.05) is 16.7 Å². The summed E-state index contributed by atoms with van der Waals surface area (Å²) in [6.45, 7) is 4.61. The van der Waals surface area contributed by atoms with E-state index >= 15 is 0 Å². The number of anilines is 1. The fourth-order valence-electron chi connectivity index (χ4n) is 1.16. The highest BCUT2D eigenvalue weighted by Crippen LogP contribution is 2.25. The lowest BCUT2D eigenvalue weighted by molar-refractivity contribution is 0.183. The third-order valence-electron chi connectivity index (χ3n) is 2.19. The minimum Gasteiger partial charge on any atom is -0.391 e. The molecule has 0 radical (unpaired) electrons. The number of nitrogens with one attached hydrogen (secondary N) is 1. The molecule has 0 heterocycles. The maximum atomic E-state index is 9.40. The lowest BCUT2D eigenvalue weighted by atomic mass is 10.2. The Morgan fingerprint density at radius 3 is 2.86 bits per heavy atom. The highest BCUT2D eigenvalue weighted by Gasteiger charge is 2.04. The van der Waals surface area contributed by atoms with Crippen molar-refractivity contribution in [3.05, 3.63) is 28.2 Å². The monoisotopic (exact) mass is 257 g/mol. The largest absolute Gasteiger partial charge is 0.391 e. The third kappa shape index (κ3) is 3.00. The van der Waals surface area contributed by atoms with E-state index in [4.69, 9.17) is 0 Å². The number of aryl methyl sites for hydroxylation is 1. The lowest BCUT2D eigenvalue weighted by Crippen LogP contribution is -2.18. The number of halogens is 1. The summed E-state index contributed by atoms with van der Waals surface area (Å²) in [6, 6.07) is 6.05. The minimum absolute atomic E-state index is 0.276. The Morgan fingerprint density at radius 2 is 2.21 bits per heavy atom. The molecule has 0 saturated heterocycles. The number of benzene rings is 1. The second-order valence-electron chi connectivity index (χ2n) is 3.38. The van der Waals surface area contributed by atoms with E-state index in [1.807, 2.05) is 32.0 Å². The predicted molar refractivity (Wildman–Crippen MR) is 63.7 cm³/mol. The summed E-state index contributed by atoms with van der Waals surface area (Å²) in [7, 11) is 0. The van der Waals surface area contributed by atoms with Crippen LogP contribution in [-0.2, 0) is 0 Å². The fraction of sp³-hybridized carbons (Fsp3) is 0.455. The number of rotatable bonds is 4. The van der Waals surface area contributed by atoms with Crippen LogP contribution in [0.2, 0.25) is 0 Å². The van der Waals surface area contributed by atoms with Gasteiger partial charge in [0.2, 0.25) is 0 Å². The second kappa shape index (κ2) is 5.37. The van der Waals surface area contributed by atoms with E-state index < -0.39 is 0 Å². The number of aliphatic hydroxyl groups is 1. The van der Waals surface area contributed by atoms with Gasteiger partial charge < -0.3 is 10.4 Å². The van der Waals surface area contributed by atoms with Crippen LogP contribution in [0.15, 0.2) is 22.7 Å². The van der Waals surface area contributed by atoms with Gasteiger partial charge in [-0.05, 0) is 40.9 Å². The fourth-order valence-corrected chi connectivity index (χ4v) is 1.56. The van der Waals surface area contributed by atoms with E-state index in [1.54, 1.807) is 0 Å². The van der Waals surface area contributed by atoms with Crippen molar-refractivity contribution in [1.82, 2.24) is 0 Å². The molecule has 3 heteroatoms. The van der Waals surface area contributed by atoms with E-state index in [-0.39, 0.29) is 6.10 Å². The van der Waals surface area contributed by atoms with Crippen LogP contribution in [0.5, 0.6) is 0 Å². The lowest BCUT2D eigenvalue weighted by Gasteiger charge is -2.13. The van der Waals surface area contributed by atoms with Crippen LogP contribution < -0.4 is 5.32 Å². The van der Waals surface area contributed by atoms with E-state index in [0.29, 0.717) is 6.54 Å². The Kier molecular flexibility index (Phi) is 4.42. The average Bonchev–Trinajstić information content (AvgIpc) is 2.20. The van der Waals surface area contributed by atoms with Crippen LogP contribution in [0.1, 0.15) is 18.9 Å². The molecular formula is C11H16BrNO. The summed E-state index contributed by atoms with van der Waals surface area (Å²) in [5, 5.41) is 12.6. The molecule has 0 saturated carbocycles. The summed E-state index contributed by atoms with van der Waals surface area (Å²) >= 11 is 3.51. The molecule has 0 amide bonds. The molecule has 0 aliphatic rings. The number of aliphatic hydroxyl groups excluding tert-OH is 1. The summed E-state index contributed by atoms with van der Waals surface area (Å²) in [6.07, 6.45) is 0.499. The third-order valence-corrected chi connectivity index (χ3v) is 3.24. The topological polar surface area (TPSA) is 32.3 Å². The van der Waals surface area contributed by atoms with Crippen LogP contribution in [0.3, 0.4) is 0 Å². The van der Waals surface area contributed by atoms with E-state index in [0.717, 1.165) is 16.6 Å². The maximum absolute atomic E-state index is 9.40. The quantitative estimate of drug-likeness (QED) is 0.870. The summed E-state index contributed by atoms with van der Waals surface area (Å²) in [5.41, 5.74) is 2.23. The highest BCUT2D eigenvalue weighted by atomic mass is 79.9. The van der Waals surface area contributed by atoms with Crippen LogP contribution >= 0.6 is 15.9 Å². The van der Waals surface area contributed by atoms with Crippen LogP contribution in [0, 0.1) is 6.92 Å². The predicted octanol–water partition coefficient (Wildman–Crippen LogP) is 2.94. The highest BCUT2D eigenvalue weighted by molar-refractivity contribution is 9.10. The van der Waals surface area contributed by atoms with Crippen molar-refractivity contribution in [2.45, 2.75) is 26.4 Å². The van der Waals surface area contributed by atoms with Crippen molar-refractivity contribution in [3.8, 4) is 0 Å². The summed E-state index contributed by atoms with van der Waals surface area (Å²) in [4.78, 5) is 0. The van der Waals surface area contributed by atoms with Crippen molar-refractivity contribution >= 4 is 21.6 Å². The zero-order chi connectivity index (χ0) is 10.6. The SMILES string of the molecule is CCC(O)CNc1cccc(C)c1Br. The first-order valence-corrected chi connectivity index (χ1v) is 5.61. The standard InChI is InChI=1S/C11H16BrNO/c1-3-9(14)7-13-10-6-4-5-8(2)11(10)12/h4-6,9,13-14H,3,7H2,1-2H3. The molecule has 0 bridgehead atoms. The Morgan fingerprint density at radius 1 is 1.50 bits per heavy atom. The van der Waals surface area contributed by atoms with E-state index in [1.165, 1.54) is 5.56 Å². The molecule has 0 fully saturated rings. The normalized spacial score (nSPS) is 12.6. The van der Waals surface area contributed by atoms with Gasteiger partial charge in [-0.15, -0.1) is 0 Å². The molecule has 0 aliphatic carbocycles. The molecular weight excluding hydrogens is 242 g/mol. The van der Waals surface area contributed by atoms with Gasteiger partial charge in [0.15, 0.2) is 0 Å². The minimum atomic E-state index is -0.276. The van der Waals surface area contributed by atoms with Crippen molar-refractivity contribution < 1.29 is 5.11 Å². The Balaban J connectivity index is 2.63. The van der Waals surface area contributed by atoms with Crippen molar-refractivity contribution in [2.75, 3.05) is 11.9 Å². The second-order valence-corrected chi connectivity index (χ2v) is 4.17. The van der Waals surface area contributed by atoms with Crippen LogP contribution in [0.25, 0.3) is 0 Å². The zero-order valence-corrected chi connectivity index (χ0v) is 10.1. The van der Waals surface area contributed by atoms with E-state index in [2.05, 4.69) is 21.2 Å². The van der Waals surface area contributed by atoms with Gasteiger partial charge in [-0.1, -0.05) is 19.1 Å². The molecule has 14 heavy (non-hydrogen) atoms. The molecule has 0 aromatic heterocycles. The van der Waals surface area contributed by atoms with Gasteiger partial charge in [0.25, 0.3) is 0 Å². The molecule has 1 rings (SSSR count). The summed E-state index contributed by atoms with van der Waals surface area (Å²) < 4.78 is 1.07. The van der Waals surface area contributed by atoms with Crippen LogP contribution in [-0.4, -0.2) is 17.8 Å². The molecule has 1 unspecified atom stereocenters. The first kappa shape index (κ1) is 11.5. The van der Waals surface area contributed by atoms with Gasteiger partial charge >= 0.3 is 0 Å². The molecule has 78 valence electrons. The molecule has 2 N–H and O–H groups in total. The van der Waals surface area contributed by atoms with E-state index in [9.17, 15) is 5.11 Å². The van der Waals surface area contributed by atoms with Crippen molar-refractivity contribution in [2.24, 2.45) is 0 Å². The maximum Gasteiger partial charge on any atom is 0.0709 e. The smallest absolute Gasteiger partial charge is 0.0709 e. The number of hydrogen-bond donors (Lipinski definition) is 2. The Labute approximate surface area is 93.5 Å².